The van der Waals surface area contributed by atoms with E-state index in [4.69, 9.17) is 0 Å². The van der Waals surface area contributed by atoms with Crippen molar-refractivity contribution in [2.45, 2.75) is 39.0 Å². The van der Waals surface area contributed by atoms with Gasteiger partial charge in [-0.2, -0.15) is 13.2 Å². The molecule has 0 saturated carbocycles. The summed E-state index contributed by atoms with van der Waals surface area (Å²) >= 11 is 0. The molecule has 3 aromatic rings. The molecule has 1 aromatic heterocycles. The molecule has 0 aliphatic heterocycles. The van der Waals surface area contributed by atoms with E-state index in [0.717, 1.165) is 36.2 Å². The zero-order chi connectivity index (χ0) is 23.1. The number of halogens is 4. The van der Waals surface area contributed by atoms with E-state index in [1.54, 1.807) is 11.0 Å². The topological polar surface area (TPSA) is 37.3 Å². The highest BCUT2D eigenvalue weighted by Crippen LogP contribution is 2.30. The van der Waals surface area contributed by atoms with Gasteiger partial charge in [0.1, 0.15) is 5.82 Å². The van der Waals surface area contributed by atoms with E-state index < -0.39 is 17.8 Å². The van der Waals surface area contributed by atoms with Gasteiger partial charge in [0.05, 0.1) is 12.1 Å². The number of hydrogen-bond donors (Lipinski definition) is 1. The van der Waals surface area contributed by atoms with Gasteiger partial charge in [0.2, 0.25) is 0 Å². The minimum atomic E-state index is -4.49. The number of urea groups is 1. The predicted octanol–water partition coefficient (Wildman–Crippen LogP) is 6.53. The summed E-state index contributed by atoms with van der Waals surface area (Å²) in [6, 6.07) is 14.1. The number of hydrogen-bond acceptors (Lipinski definition) is 1. The SMILES string of the molecule is CCCCN(Cc1cccn1Cc1cccc(F)c1)C(=O)Nc1cccc(C(F)(F)F)c1. The maximum atomic E-state index is 13.5. The summed E-state index contributed by atoms with van der Waals surface area (Å²) in [6.07, 6.45) is -1.03. The fourth-order valence-electron chi connectivity index (χ4n) is 3.35. The van der Waals surface area contributed by atoms with E-state index in [9.17, 15) is 22.4 Å². The van der Waals surface area contributed by atoms with Gasteiger partial charge in [-0.3, -0.25) is 0 Å². The molecule has 0 aliphatic carbocycles. The highest BCUT2D eigenvalue weighted by atomic mass is 19.4. The molecule has 4 nitrogen and oxygen atoms in total. The number of nitrogens with zero attached hydrogens (tertiary/aromatic N) is 2. The number of carbonyl (C=O) groups excluding carboxylic acids is 1. The van der Waals surface area contributed by atoms with Crippen LogP contribution in [0, 0.1) is 5.82 Å². The molecular formula is C24H25F4N3O. The summed E-state index contributed by atoms with van der Waals surface area (Å²) in [5.41, 5.74) is 0.890. The molecule has 0 fully saturated rings. The van der Waals surface area contributed by atoms with Gasteiger partial charge in [-0.1, -0.05) is 31.5 Å². The number of rotatable bonds is 8. The number of benzene rings is 2. The summed E-state index contributed by atoms with van der Waals surface area (Å²) in [7, 11) is 0. The van der Waals surface area contributed by atoms with Crippen molar-refractivity contribution in [2.75, 3.05) is 11.9 Å². The summed E-state index contributed by atoms with van der Waals surface area (Å²) in [5, 5.41) is 2.58. The van der Waals surface area contributed by atoms with Crippen LogP contribution in [0.4, 0.5) is 28.0 Å². The lowest BCUT2D eigenvalue weighted by Crippen LogP contribution is -2.36. The average molecular weight is 447 g/mol. The van der Waals surface area contributed by atoms with Crippen LogP contribution in [-0.2, 0) is 19.3 Å². The van der Waals surface area contributed by atoms with Crippen LogP contribution in [0.15, 0.2) is 66.9 Å². The van der Waals surface area contributed by atoms with Gasteiger partial charge >= 0.3 is 12.2 Å². The molecule has 32 heavy (non-hydrogen) atoms. The first-order valence-corrected chi connectivity index (χ1v) is 10.4. The second-order valence-electron chi connectivity index (χ2n) is 7.54. The fraction of sp³-hybridized carbons (Fsp3) is 0.292. The van der Waals surface area contributed by atoms with Crippen molar-refractivity contribution in [1.29, 1.82) is 0 Å². The third-order valence-electron chi connectivity index (χ3n) is 5.03. The van der Waals surface area contributed by atoms with E-state index in [1.165, 1.54) is 24.3 Å². The molecule has 3 rings (SSSR count). The first-order chi connectivity index (χ1) is 15.3. The van der Waals surface area contributed by atoms with Gasteiger partial charge in [0.25, 0.3) is 0 Å². The van der Waals surface area contributed by atoms with Gasteiger partial charge in [0.15, 0.2) is 0 Å². The lowest BCUT2D eigenvalue weighted by Gasteiger charge is -2.24. The number of carbonyl (C=O) groups is 1. The van der Waals surface area contributed by atoms with Crippen molar-refractivity contribution < 1.29 is 22.4 Å². The Kier molecular flexibility index (Phi) is 7.56. The largest absolute Gasteiger partial charge is 0.416 e. The van der Waals surface area contributed by atoms with E-state index in [-0.39, 0.29) is 18.0 Å². The van der Waals surface area contributed by atoms with Crippen molar-refractivity contribution >= 4 is 11.7 Å². The first-order valence-electron chi connectivity index (χ1n) is 10.4. The summed E-state index contributed by atoms with van der Waals surface area (Å²) in [5.74, 6) is -0.318. The van der Waals surface area contributed by atoms with E-state index >= 15 is 0 Å². The van der Waals surface area contributed by atoms with Crippen LogP contribution in [0.5, 0.6) is 0 Å². The first kappa shape index (κ1) is 23.4. The Labute approximate surface area is 184 Å². The van der Waals surface area contributed by atoms with Crippen molar-refractivity contribution in [1.82, 2.24) is 9.47 Å². The average Bonchev–Trinajstić information content (AvgIpc) is 3.17. The molecule has 1 heterocycles. The third kappa shape index (κ3) is 6.35. The van der Waals surface area contributed by atoms with Gasteiger partial charge in [0, 0.05) is 30.7 Å². The normalized spacial score (nSPS) is 11.4. The second kappa shape index (κ2) is 10.3. The molecular weight excluding hydrogens is 422 g/mol. The highest BCUT2D eigenvalue weighted by molar-refractivity contribution is 5.89. The standard InChI is InChI=1S/C24H25F4N3O/c1-2-3-12-31(23(32)29-21-10-5-8-19(15-21)24(26,27)28)17-22-11-6-13-30(22)16-18-7-4-9-20(25)14-18/h4-11,13-15H,2-3,12,16-17H2,1H3,(H,29,32). The molecule has 8 heteroatoms. The van der Waals surface area contributed by atoms with Crippen LogP contribution >= 0.6 is 0 Å². The van der Waals surface area contributed by atoms with E-state index in [1.807, 2.05) is 35.9 Å². The van der Waals surface area contributed by atoms with Crippen LogP contribution < -0.4 is 5.32 Å². The lowest BCUT2D eigenvalue weighted by atomic mass is 10.2. The molecule has 2 aromatic carbocycles. The quantitative estimate of drug-likeness (QED) is 0.392. The van der Waals surface area contributed by atoms with E-state index in [0.29, 0.717) is 13.1 Å². The predicted molar refractivity (Wildman–Crippen MR) is 116 cm³/mol. The Hall–Kier alpha value is -3.29. The molecule has 0 bridgehead atoms. The zero-order valence-corrected chi connectivity index (χ0v) is 17.7. The third-order valence-corrected chi connectivity index (χ3v) is 5.03. The maximum Gasteiger partial charge on any atom is 0.416 e. The van der Waals surface area contributed by atoms with Crippen LogP contribution in [0.2, 0.25) is 0 Å². The Balaban J connectivity index is 1.75. The Morgan fingerprint density at radius 2 is 1.84 bits per heavy atom. The molecule has 1 N–H and O–H groups in total. The summed E-state index contributed by atoms with van der Waals surface area (Å²) in [4.78, 5) is 14.5. The van der Waals surface area contributed by atoms with Gasteiger partial charge in [-0.25, -0.2) is 9.18 Å². The van der Waals surface area contributed by atoms with E-state index in [2.05, 4.69) is 5.32 Å². The molecule has 0 atom stereocenters. The van der Waals surface area contributed by atoms with Crippen molar-refractivity contribution in [3.8, 4) is 0 Å². The monoisotopic (exact) mass is 447 g/mol. The Bertz CT molecular complexity index is 1050. The highest BCUT2D eigenvalue weighted by Gasteiger charge is 2.30. The number of nitrogens with one attached hydrogen (secondary N) is 1. The van der Waals surface area contributed by atoms with Crippen LogP contribution in [0.3, 0.4) is 0 Å². The zero-order valence-electron chi connectivity index (χ0n) is 17.7. The minimum absolute atomic E-state index is 0.0847. The van der Waals surface area contributed by atoms with Crippen LogP contribution in [0.1, 0.15) is 36.6 Å². The Morgan fingerprint density at radius 1 is 1.06 bits per heavy atom. The molecule has 0 aliphatic rings. The van der Waals surface area contributed by atoms with Crippen LogP contribution in [0.25, 0.3) is 0 Å². The smallest absolute Gasteiger partial charge is 0.345 e. The van der Waals surface area contributed by atoms with Crippen molar-refractivity contribution in [2.24, 2.45) is 0 Å². The number of anilines is 1. The number of amides is 2. The summed E-state index contributed by atoms with van der Waals surface area (Å²) in [6.45, 7) is 3.16. The molecule has 2 amide bonds. The molecule has 170 valence electrons. The molecule has 0 spiro atoms. The fourth-order valence-corrected chi connectivity index (χ4v) is 3.35. The maximum absolute atomic E-state index is 13.5. The van der Waals surface area contributed by atoms with Gasteiger partial charge < -0.3 is 14.8 Å². The molecule has 0 radical (unpaired) electrons. The van der Waals surface area contributed by atoms with Crippen molar-refractivity contribution in [3.05, 3.63) is 89.5 Å². The molecule has 0 unspecified atom stereocenters. The Morgan fingerprint density at radius 3 is 2.56 bits per heavy atom. The number of aromatic nitrogens is 1. The van der Waals surface area contributed by atoms with Gasteiger partial charge in [-0.15, -0.1) is 0 Å². The van der Waals surface area contributed by atoms with Gasteiger partial charge in [-0.05, 0) is 54.4 Å². The number of unbranched alkanes of at least 4 members (excludes halogenated alkanes) is 1. The second-order valence-corrected chi connectivity index (χ2v) is 7.54. The number of alkyl halides is 3. The van der Waals surface area contributed by atoms with Crippen molar-refractivity contribution in [3.63, 3.8) is 0 Å². The molecule has 0 saturated heterocycles. The van der Waals surface area contributed by atoms with Crippen LogP contribution in [-0.4, -0.2) is 22.0 Å². The lowest BCUT2D eigenvalue weighted by molar-refractivity contribution is -0.137. The minimum Gasteiger partial charge on any atom is -0.345 e. The summed E-state index contributed by atoms with van der Waals surface area (Å²) < 4.78 is 54.4.